The Hall–Kier alpha value is -4.01. The average molecular weight is 1180 g/mol. The highest BCUT2D eigenvalue weighted by Crippen LogP contribution is 2.52. The van der Waals surface area contributed by atoms with Crippen LogP contribution in [0.2, 0.25) is 0 Å². The van der Waals surface area contributed by atoms with E-state index in [2.05, 4.69) is 31.0 Å². The van der Waals surface area contributed by atoms with Gasteiger partial charge in [0.05, 0.1) is 37.5 Å². The number of amides is 2. The molecule has 2 saturated heterocycles. The average Bonchev–Trinajstić information content (AvgIpc) is 3.50. The van der Waals surface area contributed by atoms with Gasteiger partial charge < -0.3 is 43.5 Å². The molecule has 0 aromatic heterocycles. The molecule has 0 bridgehead atoms. The van der Waals surface area contributed by atoms with Gasteiger partial charge in [0.2, 0.25) is 11.8 Å². The van der Waals surface area contributed by atoms with Crippen molar-refractivity contribution in [2.45, 2.75) is 276 Å². The first-order chi connectivity index (χ1) is 40.4. The number of para-hydroxylation sites is 2. The second-order valence-electron chi connectivity index (χ2n) is 23.8. The number of ether oxygens (including phenoxy) is 3. The highest BCUT2D eigenvalue weighted by molar-refractivity contribution is 7.49. The fourth-order valence-electron chi connectivity index (χ4n) is 11.1. The van der Waals surface area contributed by atoms with Crippen LogP contribution in [0, 0.1) is 5.92 Å². The maximum Gasteiger partial charge on any atom is 0.588 e. The molecule has 2 fully saturated rings. The van der Waals surface area contributed by atoms with Crippen LogP contribution in [-0.4, -0.2) is 116 Å². The molecular formula is C67H112N3O12P. The van der Waals surface area contributed by atoms with Gasteiger partial charge in [-0.1, -0.05) is 243 Å². The van der Waals surface area contributed by atoms with E-state index in [9.17, 15) is 19.5 Å². The molecule has 15 nitrogen and oxygen atoms in total. The molecule has 2 aromatic carbocycles. The second-order valence-corrected chi connectivity index (χ2v) is 25.2. The van der Waals surface area contributed by atoms with Gasteiger partial charge >= 0.3 is 19.8 Å². The predicted molar refractivity (Wildman–Crippen MR) is 331 cm³/mol. The van der Waals surface area contributed by atoms with Crippen LogP contribution >= 0.6 is 7.82 Å². The minimum absolute atomic E-state index is 0.0438. The molecule has 2 aromatic rings. The molecule has 5 atom stereocenters. The minimum atomic E-state index is -4.78. The third-order valence-electron chi connectivity index (χ3n) is 16.4. The van der Waals surface area contributed by atoms with Gasteiger partial charge in [-0.15, -0.1) is 0 Å². The smallest absolute Gasteiger partial charge is 0.463 e. The predicted octanol–water partition coefficient (Wildman–Crippen LogP) is 15.4. The number of esters is 2. The van der Waals surface area contributed by atoms with E-state index in [1.54, 1.807) is 65.6 Å². The first-order valence-electron chi connectivity index (χ1n) is 33.1. The Balaban J connectivity index is 1.62. The summed E-state index contributed by atoms with van der Waals surface area (Å²) in [6.07, 6.45) is 29.7. The van der Waals surface area contributed by atoms with Crippen LogP contribution < -0.4 is 14.4 Å². The van der Waals surface area contributed by atoms with Crippen molar-refractivity contribution in [1.82, 2.24) is 15.1 Å². The van der Waals surface area contributed by atoms with E-state index in [0.717, 1.165) is 90.1 Å². The Kier molecular flexibility index (Phi) is 38.3. The zero-order valence-electron chi connectivity index (χ0n) is 52.0. The van der Waals surface area contributed by atoms with Gasteiger partial charge in [0.15, 0.2) is 6.10 Å². The first-order valence-corrected chi connectivity index (χ1v) is 34.6. The number of hydrogen-bond acceptors (Lipinski definition) is 13. The van der Waals surface area contributed by atoms with Crippen LogP contribution in [0.5, 0.6) is 11.5 Å². The topological polar surface area (TPSA) is 179 Å². The zero-order chi connectivity index (χ0) is 59.6. The number of aliphatic hydroxyl groups excluding tert-OH is 1. The summed E-state index contributed by atoms with van der Waals surface area (Å²) in [7, 11) is -2.77. The Morgan fingerprint density at radius 2 is 1.02 bits per heavy atom. The number of piperazine rings is 1. The van der Waals surface area contributed by atoms with Crippen molar-refractivity contribution >= 4 is 31.6 Å². The molecule has 0 unspecified atom stereocenters. The zero-order valence-corrected chi connectivity index (χ0v) is 52.9. The number of phosphoric ester groups is 1. The summed E-state index contributed by atoms with van der Waals surface area (Å²) < 4.78 is 53.3. The lowest BCUT2D eigenvalue weighted by atomic mass is 9.93. The number of phosphoric acid groups is 1. The number of nitrogens with zero attached hydrogens (tertiary/aromatic N) is 2. The standard InChI is InChI=1S/C67H112N3O12P/c1-5-8-11-14-17-20-23-25-28-33-40-56(41-34-29-26-24-21-18-15-12-9-6-2)67(75)79-65-60(68-62(72)53-57(71)42-35-30-27-22-19-16-13-10-7-3)54-77-61(55-78-64(74)48-47-63(73)70-51-49-69(4)50-52-70)66(65)82-83(76,80-58-43-36-31-37-44-58)81-59-45-38-32-39-46-59/h31-32,36-39,43-46,56-57,60-61,65-66,71H,5-30,33-35,40-42,47-55H2,1-4H3,(H,68,72)/t57-,60+,61-,65-,66-/m1/s1. The van der Waals surface area contributed by atoms with Crippen LogP contribution in [0.25, 0.3) is 0 Å². The maximum atomic E-state index is 15.4. The highest BCUT2D eigenvalue weighted by atomic mass is 31.2. The summed E-state index contributed by atoms with van der Waals surface area (Å²) >= 11 is 0. The normalized spacial score (nSPS) is 18.0. The molecule has 2 amide bonds. The Morgan fingerprint density at radius 3 is 1.48 bits per heavy atom. The summed E-state index contributed by atoms with van der Waals surface area (Å²) in [6.45, 7) is 8.69. The van der Waals surface area contributed by atoms with Gasteiger partial charge in [0, 0.05) is 32.6 Å². The van der Waals surface area contributed by atoms with Gasteiger partial charge in [-0.25, -0.2) is 4.57 Å². The second kappa shape index (κ2) is 44.4. The monoisotopic (exact) mass is 1180 g/mol. The van der Waals surface area contributed by atoms with E-state index < -0.39 is 68.7 Å². The molecule has 472 valence electrons. The molecule has 2 aliphatic rings. The van der Waals surface area contributed by atoms with Crippen molar-refractivity contribution < 1.29 is 56.6 Å². The number of hydrogen-bond donors (Lipinski definition) is 2. The highest BCUT2D eigenvalue weighted by Gasteiger charge is 2.51. The third-order valence-corrected chi connectivity index (χ3v) is 17.7. The lowest BCUT2D eigenvalue weighted by Crippen LogP contribution is -2.62. The molecule has 2 N–H and O–H groups in total. The van der Waals surface area contributed by atoms with Crippen LogP contribution in [-0.2, 0) is 42.5 Å². The van der Waals surface area contributed by atoms with E-state index in [0.29, 0.717) is 32.4 Å². The number of carbonyl (C=O) groups is 4. The number of benzene rings is 2. The van der Waals surface area contributed by atoms with E-state index in [-0.39, 0.29) is 43.3 Å². The molecule has 4 rings (SSSR count). The Morgan fingerprint density at radius 1 is 0.590 bits per heavy atom. The van der Waals surface area contributed by atoms with Crippen LogP contribution in [0.1, 0.15) is 245 Å². The van der Waals surface area contributed by atoms with E-state index in [1.807, 2.05) is 7.05 Å². The molecule has 83 heavy (non-hydrogen) atoms. The number of unbranched alkanes of at least 4 members (excludes halogenated alkanes) is 26. The van der Waals surface area contributed by atoms with Crippen molar-refractivity contribution in [3.63, 3.8) is 0 Å². The minimum Gasteiger partial charge on any atom is -0.463 e. The molecule has 0 radical (unpaired) electrons. The summed E-state index contributed by atoms with van der Waals surface area (Å²) in [5.74, 6) is -1.88. The summed E-state index contributed by atoms with van der Waals surface area (Å²) in [6, 6.07) is 15.8. The number of nitrogens with one attached hydrogen (secondary N) is 1. The van der Waals surface area contributed by atoms with Gasteiger partial charge in [0.1, 0.15) is 30.3 Å². The third kappa shape index (κ3) is 31.8. The van der Waals surface area contributed by atoms with Gasteiger partial charge in [0.25, 0.3) is 0 Å². The molecule has 2 aliphatic heterocycles. The number of rotatable bonds is 48. The number of carbonyl (C=O) groups excluding carboxylic acids is 4. The molecule has 0 aliphatic carbocycles. The van der Waals surface area contributed by atoms with Crippen LogP contribution in [0.4, 0.5) is 0 Å². The Bertz CT molecular complexity index is 1970. The quantitative estimate of drug-likeness (QED) is 0.0363. The largest absolute Gasteiger partial charge is 0.588 e. The maximum absolute atomic E-state index is 15.4. The fourth-order valence-corrected chi connectivity index (χ4v) is 12.6. The summed E-state index contributed by atoms with van der Waals surface area (Å²) in [4.78, 5) is 59.8. The Labute approximate surface area is 501 Å². The van der Waals surface area contributed by atoms with Crippen LogP contribution in [0.15, 0.2) is 60.7 Å². The molecule has 0 saturated carbocycles. The number of aliphatic hydroxyl groups is 1. The summed E-state index contributed by atoms with van der Waals surface area (Å²) in [5, 5.41) is 14.2. The van der Waals surface area contributed by atoms with Gasteiger partial charge in [-0.2, -0.15) is 0 Å². The molecule has 16 heteroatoms. The lowest BCUT2D eigenvalue weighted by Gasteiger charge is -2.42. The molecule has 2 heterocycles. The summed E-state index contributed by atoms with van der Waals surface area (Å²) in [5.41, 5.74) is 0. The van der Waals surface area contributed by atoms with Crippen molar-refractivity contribution in [2.24, 2.45) is 5.92 Å². The lowest BCUT2D eigenvalue weighted by molar-refractivity contribution is -0.195. The van der Waals surface area contributed by atoms with E-state index >= 15 is 9.36 Å². The van der Waals surface area contributed by atoms with Crippen molar-refractivity contribution in [3.8, 4) is 11.5 Å². The first kappa shape index (κ1) is 71.5. The van der Waals surface area contributed by atoms with Gasteiger partial charge in [-0.05, 0) is 50.6 Å². The molecular weight excluding hydrogens is 1070 g/mol. The SMILES string of the molecule is CCCCCCCCCCCCC(CCCCCCCCCCCC)C(=O)O[C@H]1[C@H](OP(=O)(Oc2ccccc2)Oc2ccccc2)[C@@H](COC(=O)CCC(=O)N2CCN(C)CC2)OC[C@@H]1NC(=O)C[C@H](O)CCCCCCCCCCC. The van der Waals surface area contributed by atoms with Crippen molar-refractivity contribution in [1.29, 1.82) is 0 Å². The number of likely N-dealkylation sites (N-methyl/N-ethyl adjacent to an activating group) is 1. The molecule has 0 spiro atoms. The van der Waals surface area contributed by atoms with Crippen molar-refractivity contribution in [3.05, 3.63) is 60.7 Å². The fraction of sp³-hybridized carbons (Fsp3) is 0.761. The van der Waals surface area contributed by atoms with E-state index in [4.69, 9.17) is 27.8 Å². The van der Waals surface area contributed by atoms with Crippen LogP contribution in [0.3, 0.4) is 0 Å². The van der Waals surface area contributed by atoms with Gasteiger partial charge in [-0.3, -0.25) is 23.7 Å². The van der Waals surface area contributed by atoms with Crippen molar-refractivity contribution in [2.75, 3.05) is 46.4 Å². The van der Waals surface area contributed by atoms with E-state index in [1.165, 1.54) is 109 Å².